The van der Waals surface area contributed by atoms with E-state index in [-0.39, 0.29) is 5.56 Å². The molecule has 1 aliphatic rings. The summed E-state index contributed by atoms with van der Waals surface area (Å²) in [5.41, 5.74) is 0.901. The summed E-state index contributed by atoms with van der Waals surface area (Å²) in [6.07, 6.45) is 1.76. The van der Waals surface area contributed by atoms with Gasteiger partial charge < -0.3 is 15.1 Å². The molecule has 1 aliphatic heterocycles. The fourth-order valence-corrected chi connectivity index (χ4v) is 3.05. The van der Waals surface area contributed by atoms with Crippen molar-refractivity contribution in [3.63, 3.8) is 0 Å². The van der Waals surface area contributed by atoms with Gasteiger partial charge in [0.15, 0.2) is 0 Å². The highest BCUT2D eigenvalue weighted by Crippen LogP contribution is 2.16. The third kappa shape index (κ3) is 4.55. The Balaban J connectivity index is 1.58. The standard InChI is InChI=1S/C18H20BrFN4O/c1-23-6-8-24(9-7-23)17-5-2-13(11-21-17)12-22-18(25)15-10-14(19)3-4-16(15)20/h2-5,10-11H,6-9,12H2,1H3,(H,22,25). The predicted octanol–water partition coefficient (Wildman–Crippen LogP) is 2.67. The molecular formula is C18H20BrFN4O. The fraction of sp³-hybridized carbons (Fsp3) is 0.333. The van der Waals surface area contributed by atoms with Gasteiger partial charge in [-0.05, 0) is 36.9 Å². The highest BCUT2D eigenvalue weighted by atomic mass is 79.9. The van der Waals surface area contributed by atoms with Crippen molar-refractivity contribution in [2.75, 3.05) is 38.1 Å². The van der Waals surface area contributed by atoms with Crippen molar-refractivity contribution >= 4 is 27.7 Å². The Kier molecular flexibility index (Phi) is 5.65. The average Bonchev–Trinajstić information content (AvgIpc) is 2.63. The molecular weight excluding hydrogens is 387 g/mol. The zero-order valence-corrected chi connectivity index (χ0v) is 15.6. The van der Waals surface area contributed by atoms with E-state index in [2.05, 4.69) is 43.1 Å². The molecule has 0 aliphatic carbocycles. The number of rotatable bonds is 4. The van der Waals surface area contributed by atoms with Gasteiger partial charge in [0.25, 0.3) is 5.91 Å². The van der Waals surface area contributed by atoms with Crippen LogP contribution < -0.4 is 10.2 Å². The van der Waals surface area contributed by atoms with Crippen LogP contribution >= 0.6 is 15.9 Å². The van der Waals surface area contributed by atoms with Crippen LogP contribution in [0.1, 0.15) is 15.9 Å². The molecule has 1 fully saturated rings. The molecule has 132 valence electrons. The monoisotopic (exact) mass is 406 g/mol. The number of nitrogens with one attached hydrogen (secondary N) is 1. The van der Waals surface area contributed by atoms with E-state index in [1.165, 1.54) is 12.1 Å². The van der Waals surface area contributed by atoms with E-state index in [0.29, 0.717) is 11.0 Å². The van der Waals surface area contributed by atoms with E-state index in [1.807, 2.05) is 12.1 Å². The summed E-state index contributed by atoms with van der Waals surface area (Å²) in [5.74, 6) is -0.0348. The summed E-state index contributed by atoms with van der Waals surface area (Å²) in [6, 6.07) is 8.21. The third-order valence-electron chi connectivity index (χ3n) is 4.26. The van der Waals surface area contributed by atoms with Gasteiger partial charge >= 0.3 is 0 Å². The smallest absolute Gasteiger partial charge is 0.254 e. The first-order valence-electron chi connectivity index (χ1n) is 8.14. The van der Waals surface area contributed by atoms with Crippen LogP contribution in [0.5, 0.6) is 0 Å². The van der Waals surface area contributed by atoms with Crippen molar-refractivity contribution in [3.05, 3.63) is 57.9 Å². The van der Waals surface area contributed by atoms with Crippen molar-refractivity contribution in [2.24, 2.45) is 0 Å². The number of likely N-dealkylation sites (N-methyl/N-ethyl adjacent to an activating group) is 1. The normalized spacial score (nSPS) is 15.2. The topological polar surface area (TPSA) is 48.5 Å². The molecule has 1 amide bonds. The maximum absolute atomic E-state index is 13.7. The predicted molar refractivity (Wildman–Crippen MR) is 99.2 cm³/mol. The molecule has 2 aromatic rings. The summed E-state index contributed by atoms with van der Waals surface area (Å²) in [4.78, 5) is 21.2. The molecule has 0 spiro atoms. The number of aromatic nitrogens is 1. The highest BCUT2D eigenvalue weighted by molar-refractivity contribution is 9.10. The molecule has 1 aromatic heterocycles. The van der Waals surface area contributed by atoms with Crippen LogP contribution in [0.4, 0.5) is 10.2 Å². The molecule has 25 heavy (non-hydrogen) atoms. The number of anilines is 1. The highest BCUT2D eigenvalue weighted by Gasteiger charge is 2.15. The second kappa shape index (κ2) is 7.93. The minimum atomic E-state index is -0.538. The van der Waals surface area contributed by atoms with Gasteiger partial charge in [0.1, 0.15) is 11.6 Å². The fourth-order valence-electron chi connectivity index (χ4n) is 2.69. The van der Waals surface area contributed by atoms with Crippen molar-refractivity contribution in [1.29, 1.82) is 0 Å². The Labute approximate surface area is 155 Å². The van der Waals surface area contributed by atoms with E-state index in [9.17, 15) is 9.18 Å². The van der Waals surface area contributed by atoms with Gasteiger partial charge in [-0.2, -0.15) is 0 Å². The molecule has 2 heterocycles. The van der Waals surface area contributed by atoms with E-state index in [1.54, 1.807) is 12.3 Å². The summed E-state index contributed by atoms with van der Waals surface area (Å²) >= 11 is 3.25. The largest absolute Gasteiger partial charge is 0.354 e. The van der Waals surface area contributed by atoms with Crippen LogP contribution in [0.25, 0.3) is 0 Å². The lowest BCUT2D eigenvalue weighted by atomic mass is 10.2. The zero-order chi connectivity index (χ0) is 17.8. The molecule has 7 heteroatoms. The lowest BCUT2D eigenvalue weighted by molar-refractivity contribution is 0.0947. The minimum Gasteiger partial charge on any atom is -0.354 e. The quantitative estimate of drug-likeness (QED) is 0.847. The number of pyridine rings is 1. The Morgan fingerprint density at radius 3 is 2.68 bits per heavy atom. The minimum absolute atomic E-state index is 0.0244. The second-order valence-electron chi connectivity index (χ2n) is 6.12. The van der Waals surface area contributed by atoms with Crippen LogP contribution in [-0.2, 0) is 6.54 Å². The van der Waals surface area contributed by atoms with Crippen molar-refractivity contribution in [2.45, 2.75) is 6.54 Å². The zero-order valence-electron chi connectivity index (χ0n) is 14.0. The summed E-state index contributed by atoms with van der Waals surface area (Å²) in [6.45, 7) is 4.28. The average molecular weight is 407 g/mol. The number of hydrogen-bond acceptors (Lipinski definition) is 4. The van der Waals surface area contributed by atoms with E-state index >= 15 is 0 Å². The van der Waals surface area contributed by atoms with Crippen LogP contribution in [0.2, 0.25) is 0 Å². The number of benzene rings is 1. The van der Waals surface area contributed by atoms with Gasteiger partial charge in [0, 0.05) is 43.4 Å². The first kappa shape index (κ1) is 17.8. The van der Waals surface area contributed by atoms with Crippen molar-refractivity contribution < 1.29 is 9.18 Å². The lowest BCUT2D eigenvalue weighted by Crippen LogP contribution is -2.44. The lowest BCUT2D eigenvalue weighted by Gasteiger charge is -2.33. The number of amides is 1. The molecule has 0 saturated carbocycles. The molecule has 1 aromatic carbocycles. The Morgan fingerprint density at radius 2 is 2.00 bits per heavy atom. The van der Waals surface area contributed by atoms with Crippen LogP contribution in [0.15, 0.2) is 41.0 Å². The number of carbonyl (C=O) groups is 1. The van der Waals surface area contributed by atoms with Gasteiger partial charge in [-0.1, -0.05) is 22.0 Å². The number of nitrogens with zero attached hydrogens (tertiary/aromatic N) is 3. The maximum atomic E-state index is 13.7. The van der Waals surface area contributed by atoms with Crippen LogP contribution in [-0.4, -0.2) is 49.0 Å². The Bertz CT molecular complexity index is 745. The number of halogens is 2. The number of carbonyl (C=O) groups excluding carboxylic acids is 1. The Hall–Kier alpha value is -1.99. The second-order valence-corrected chi connectivity index (χ2v) is 7.04. The van der Waals surface area contributed by atoms with Gasteiger partial charge in [0.2, 0.25) is 0 Å². The summed E-state index contributed by atoms with van der Waals surface area (Å²) in [5, 5.41) is 2.73. The molecule has 0 atom stereocenters. The molecule has 3 rings (SSSR count). The van der Waals surface area contributed by atoms with Crippen molar-refractivity contribution in [3.8, 4) is 0 Å². The maximum Gasteiger partial charge on any atom is 0.254 e. The van der Waals surface area contributed by atoms with Gasteiger partial charge in [0.05, 0.1) is 5.56 Å². The number of hydrogen-bond donors (Lipinski definition) is 1. The first-order chi connectivity index (χ1) is 12.0. The summed E-state index contributed by atoms with van der Waals surface area (Å²) in [7, 11) is 2.12. The van der Waals surface area contributed by atoms with Crippen molar-refractivity contribution in [1.82, 2.24) is 15.2 Å². The molecule has 5 nitrogen and oxygen atoms in total. The SMILES string of the molecule is CN1CCN(c2ccc(CNC(=O)c3cc(Br)ccc3F)cn2)CC1. The van der Waals surface area contributed by atoms with Gasteiger partial charge in [-0.25, -0.2) is 9.37 Å². The molecule has 0 radical (unpaired) electrons. The van der Waals surface area contributed by atoms with Gasteiger partial charge in [-0.15, -0.1) is 0 Å². The number of piperazine rings is 1. The summed E-state index contributed by atoms with van der Waals surface area (Å²) < 4.78 is 14.4. The molecule has 1 saturated heterocycles. The van der Waals surface area contributed by atoms with E-state index in [4.69, 9.17) is 0 Å². The molecule has 0 unspecified atom stereocenters. The van der Waals surface area contributed by atoms with Gasteiger partial charge in [-0.3, -0.25) is 4.79 Å². The molecule has 1 N–H and O–H groups in total. The third-order valence-corrected chi connectivity index (χ3v) is 4.76. The van der Waals surface area contributed by atoms with E-state index < -0.39 is 11.7 Å². The first-order valence-corrected chi connectivity index (χ1v) is 8.94. The van der Waals surface area contributed by atoms with E-state index in [0.717, 1.165) is 37.6 Å². The van der Waals surface area contributed by atoms with Crippen LogP contribution in [0, 0.1) is 5.82 Å². The van der Waals surface area contributed by atoms with Crippen LogP contribution in [0.3, 0.4) is 0 Å². The molecule has 0 bridgehead atoms. The Morgan fingerprint density at radius 1 is 1.24 bits per heavy atom.